The fourth-order valence-corrected chi connectivity index (χ4v) is 2.55. The first-order chi connectivity index (χ1) is 9.66. The van der Waals surface area contributed by atoms with Crippen LogP contribution in [0.1, 0.15) is 30.7 Å². The van der Waals surface area contributed by atoms with Crippen LogP contribution >= 0.6 is 0 Å². The highest BCUT2D eigenvalue weighted by atomic mass is 16.4. The van der Waals surface area contributed by atoms with E-state index >= 15 is 0 Å². The summed E-state index contributed by atoms with van der Waals surface area (Å²) in [5, 5.41) is 11.2. The van der Waals surface area contributed by atoms with Crippen LogP contribution in [0.25, 0.3) is 0 Å². The van der Waals surface area contributed by atoms with Crippen LogP contribution in [0.2, 0.25) is 0 Å². The molecular formula is C15H20N2O3. The van der Waals surface area contributed by atoms with Crippen LogP contribution in [0.15, 0.2) is 30.3 Å². The van der Waals surface area contributed by atoms with Gasteiger partial charge in [-0.25, -0.2) is 4.79 Å². The molecule has 0 spiro atoms. The summed E-state index contributed by atoms with van der Waals surface area (Å²) in [6.07, 6.45) is 2.02. The van der Waals surface area contributed by atoms with Crippen LogP contribution in [-0.2, 0) is 4.79 Å². The summed E-state index contributed by atoms with van der Waals surface area (Å²) >= 11 is 0. The first-order valence-electron chi connectivity index (χ1n) is 6.96. The number of hydrogen-bond donors (Lipinski definition) is 2. The lowest BCUT2D eigenvalue weighted by molar-refractivity contribution is -0.136. The summed E-state index contributed by atoms with van der Waals surface area (Å²) in [6.45, 7) is 1.62. The number of carbonyl (C=O) groups is 2. The standard InChI is InChI=1S/C15H20N2O3/c18-14(19)8-9-16-15(20)17-10-4-7-13(11-17)12-5-2-1-3-6-12/h1-3,5-6,13H,4,7-11H2,(H,16,20)(H,18,19). The molecule has 1 aliphatic heterocycles. The van der Waals surface area contributed by atoms with Crippen molar-refractivity contribution in [1.29, 1.82) is 0 Å². The van der Waals surface area contributed by atoms with Crippen LogP contribution in [0.5, 0.6) is 0 Å². The topological polar surface area (TPSA) is 69.6 Å². The molecule has 5 heteroatoms. The number of aliphatic carboxylic acids is 1. The van der Waals surface area contributed by atoms with Crippen molar-refractivity contribution < 1.29 is 14.7 Å². The molecule has 1 heterocycles. The summed E-state index contributed by atoms with van der Waals surface area (Å²) in [5.74, 6) is -0.527. The molecule has 0 bridgehead atoms. The van der Waals surface area contributed by atoms with Crippen molar-refractivity contribution >= 4 is 12.0 Å². The predicted octanol–water partition coefficient (Wildman–Crippen LogP) is 2.05. The zero-order chi connectivity index (χ0) is 14.4. The van der Waals surface area contributed by atoms with Gasteiger partial charge in [0, 0.05) is 25.6 Å². The Kier molecular flexibility index (Phi) is 4.98. The molecule has 0 radical (unpaired) electrons. The molecule has 1 aromatic carbocycles. The number of likely N-dealkylation sites (tertiary alicyclic amines) is 1. The van der Waals surface area contributed by atoms with Gasteiger partial charge in [-0.15, -0.1) is 0 Å². The minimum atomic E-state index is -0.897. The third-order valence-corrected chi connectivity index (χ3v) is 3.59. The van der Waals surface area contributed by atoms with E-state index in [1.54, 1.807) is 4.90 Å². The third-order valence-electron chi connectivity index (χ3n) is 3.59. The fraction of sp³-hybridized carbons (Fsp3) is 0.467. The smallest absolute Gasteiger partial charge is 0.317 e. The van der Waals surface area contributed by atoms with Crippen LogP contribution in [-0.4, -0.2) is 41.6 Å². The summed E-state index contributed by atoms with van der Waals surface area (Å²) < 4.78 is 0. The third kappa shape index (κ3) is 3.98. The van der Waals surface area contributed by atoms with E-state index in [9.17, 15) is 9.59 Å². The lowest BCUT2D eigenvalue weighted by atomic mass is 9.91. The predicted molar refractivity (Wildman–Crippen MR) is 75.6 cm³/mol. The number of piperidine rings is 1. The number of hydrogen-bond acceptors (Lipinski definition) is 2. The molecule has 0 saturated carbocycles. The summed E-state index contributed by atoms with van der Waals surface area (Å²) in [5.41, 5.74) is 1.26. The lowest BCUT2D eigenvalue weighted by Gasteiger charge is -2.33. The summed E-state index contributed by atoms with van der Waals surface area (Å²) in [7, 11) is 0. The second-order valence-corrected chi connectivity index (χ2v) is 5.07. The Balaban J connectivity index is 1.87. The first-order valence-corrected chi connectivity index (χ1v) is 6.96. The number of carbonyl (C=O) groups excluding carboxylic acids is 1. The number of carboxylic acids is 1. The highest BCUT2D eigenvalue weighted by Crippen LogP contribution is 2.26. The van der Waals surface area contributed by atoms with Gasteiger partial charge in [0.25, 0.3) is 0 Å². The molecule has 2 rings (SSSR count). The van der Waals surface area contributed by atoms with Crippen LogP contribution in [0.3, 0.4) is 0 Å². The molecule has 1 aliphatic rings. The van der Waals surface area contributed by atoms with E-state index in [4.69, 9.17) is 5.11 Å². The SMILES string of the molecule is O=C(O)CCNC(=O)N1CCCC(c2ccccc2)C1. The van der Waals surface area contributed by atoms with E-state index in [0.717, 1.165) is 19.4 Å². The molecule has 1 saturated heterocycles. The highest BCUT2D eigenvalue weighted by molar-refractivity contribution is 5.75. The van der Waals surface area contributed by atoms with Gasteiger partial charge in [0.05, 0.1) is 6.42 Å². The molecule has 20 heavy (non-hydrogen) atoms. The fourth-order valence-electron chi connectivity index (χ4n) is 2.55. The van der Waals surface area contributed by atoms with Crippen LogP contribution in [0.4, 0.5) is 4.79 Å². The van der Waals surface area contributed by atoms with E-state index in [1.807, 2.05) is 18.2 Å². The zero-order valence-corrected chi connectivity index (χ0v) is 11.4. The molecular weight excluding hydrogens is 256 g/mol. The summed E-state index contributed by atoms with van der Waals surface area (Å²) in [6, 6.07) is 10.0. The van der Waals surface area contributed by atoms with Gasteiger partial charge < -0.3 is 15.3 Å². The van der Waals surface area contributed by atoms with Crippen LogP contribution in [0, 0.1) is 0 Å². The molecule has 1 fully saturated rings. The average Bonchev–Trinajstić information content (AvgIpc) is 2.48. The Bertz CT molecular complexity index is 461. The van der Waals surface area contributed by atoms with Gasteiger partial charge in [-0.2, -0.15) is 0 Å². The van der Waals surface area contributed by atoms with Crippen molar-refractivity contribution in [2.45, 2.75) is 25.2 Å². The van der Waals surface area contributed by atoms with E-state index in [2.05, 4.69) is 17.4 Å². The molecule has 108 valence electrons. The van der Waals surface area contributed by atoms with Gasteiger partial charge in [0.2, 0.25) is 0 Å². The largest absolute Gasteiger partial charge is 0.481 e. The highest BCUT2D eigenvalue weighted by Gasteiger charge is 2.24. The molecule has 0 aromatic heterocycles. The monoisotopic (exact) mass is 276 g/mol. The first kappa shape index (κ1) is 14.4. The van der Waals surface area contributed by atoms with Crippen LogP contribution < -0.4 is 5.32 Å². The van der Waals surface area contributed by atoms with Crippen molar-refractivity contribution in [3.8, 4) is 0 Å². The molecule has 5 nitrogen and oxygen atoms in total. The van der Waals surface area contributed by atoms with Crippen molar-refractivity contribution in [2.75, 3.05) is 19.6 Å². The van der Waals surface area contributed by atoms with E-state index in [0.29, 0.717) is 12.5 Å². The van der Waals surface area contributed by atoms with Gasteiger partial charge in [-0.3, -0.25) is 4.79 Å². The molecule has 0 aliphatic carbocycles. The number of nitrogens with zero attached hydrogens (tertiary/aromatic N) is 1. The van der Waals surface area contributed by atoms with E-state index < -0.39 is 5.97 Å². The molecule has 1 aromatic rings. The number of urea groups is 1. The average molecular weight is 276 g/mol. The number of benzene rings is 1. The number of rotatable bonds is 4. The maximum Gasteiger partial charge on any atom is 0.317 e. The lowest BCUT2D eigenvalue weighted by Crippen LogP contribution is -2.45. The quantitative estimate of drug-likeness (QED) is 0.884. The molecule has 2 amide bonds. The molecule has 1 unspecified atom stereocenters. The Morgan fingerprint density at radius 1 is 1.30 bits per heavy atom. The minimum absolute atomic E-state index is 0.0400. The maximum atomic E-state index is 12.0. The summed E-state index contributed by atoms with van der Waals surface area (Å²) in [4.78, 5) is 24.2. The second kappa shape index (κ2) is 6.93. The van der Waals surface area contributed by atoms with E-state index in [-0.39, 0.29) is 19.0 Å². The Morgan fingerprint density at radius 2 is 2.05 bits per heavy atom. The maximum absolute atomic E-state index is 12.0. The Hall–Kier alpha value is -2.04. The van der Waals surface area contributed by atoms with Gasteiger partial charge >= 0.3 is 12.0 Å². The Labute approximate surface area is 118 Å². The van der Waals surface area contributed by atoms with Crippen molar-refractivity contribution in [1.82, 2.24) is 10.2 Å². The van der Waals surface area contributed by atoms with Gasteiger partial charge in [0.1, 0.15) is 0 Å². The van der Waals surface area contributed by atoms with Gasteiger partial charge in [-0.1, -0.05) is 30.3 Å². The van der Waals surface area contributed by atoms with Crippen molar-refractivity contribution in [3.63, 3.8) is 0 Å². The molecule has 1 atom stereocenters. The number of amides is 2. The van der Waals surface area contributed by atoms with E-state index in [1.165, 1.54) is 5.56 Å². The molecule has 2 N–H and O–H groups in total. The van der Waals surface area contributed by atoms with Crippen molar-refractivity contribution in [2.24, 2.45) is 0 Å². The number of nitrogens with one attached hydrogen (secondary N) is 1. The zero-order valence-electron chi connectivity index (χ0n) is 11.4. The Morgan fingerprint density at radius 3 is 2.75 bits per heavy atom. The second-order valence-electron chi connectivity index (χ2n) is 5.07. The normalized spacial score (nSPS) is 18.6. The number of carboxylic acid groups (broad SMARTS) is 1. The van der Waals surface area contributed by atoms with Crippen molar-refractivity contribution in [3.05, 3.63) is 35.9 Å². The van der Waals surface area contributed by atoms with Gasteiger partial charge in [0.15, 0.2) is 0 Å². The minimum Gasteiger partial charge on any atom is -0.481 e. The van der Waals surface area contributed by atoms with Gasteiger partial charge in [-0.05, 0) is 18.4 Å².